The van der Waals surface area contributed by atoms with Gasteiger partial charge in [0.05, 0.1) is 6.10 Å². The third kappa shape index (κ3) is 4.88. The number of halogens is 2. The molecule has 2 N–H and O–H groups in total. The molecule has 7 nitrogen and oxygen atoms in total. The summed E-state index contributed by atoms with van der Waals surface area (Å²) >= 11 is 0. The summed E-state index contributed by atoms with van der Waals surface area (Å²) in [6, 6.07) is 1.97. The maximum atomic E-state index is 15.5. The predicted octanol–water partition coefficient (Wildman–Crippen LogP) is 2.75. The van der Waals surface area contributed by atoms with Gasteiger partial charge < -0.3 is 19.3 Å². The molecule has 4 unspecified atom stereocenters. The number of rotatable bonds is 8. The Labute approximate surface area is 167 Å². The average Bonchev–Trinajstić information content (AvgIpc) is 2.83. The van der Waals surface area contributed by atoms with E-state index in [2.05, 4.69) is 4.98 Å². The lowest BCUT2D eigenvalue weighted by Crippen LogP contribution is -2.51. The maximum Gasteiger partial charge on any atom is 0.351 e. The van der Waals surface area contributed by atoms with Crippen molar-refractivity contribution in [3.05, 3.63) is 22.7 Å². The van der Waals surface area contributed by atoms with Gasteiger partial charge in [0.1, 0.15) is 18.0 Å². The molecule has 0 spiro atoms. The second-order valence-electron chi connectivity index (χ2n) is 7.95. The standard InChI is InChI=1S/C17H31F2N3O4Si2/c1-7-11(25-27(3)4)13-14(26-28(5,6)8-2)17(18,19)15(24-13)22-10-9-12(20)21-16(22)23/h9-11,13-15,27H,7-8H2,1-6H3,(H2,20,21,23). The number of aromatic nitrogens is 2. The summed E-state index contributed by atoms with van der Waals surface area (Å²) in [5.41, 5.74) is 4.60. The van der Waals surface area contributed by atoms with Gasteiger partial charge in [-0.1, -0.05) is 13.8 Å². The molecule has 1 fully saturated rings. The fraction of sp³-hybridized carbons (Fsp3) is 0.765. The van der Waals surface area contributed by atoms with Crippen molar-refractivity contribution in [2.75, 3.05) is 5.73 Å². The van der Waals surface area contributed by atoms with Crippen LogP contribution in [0.4, 0.5) is 14.6 Å². The van der Waals surface area contributed by atoms with E-state index in [1.54, 1.807) is 0 Å². The minimum atomic E-state index is -3.43. The first-order valence-corrected chi connectivity index (χ1v) is 15.5. The molecule has 1 aromatic rings. The van der Waals surface area contributed by atoms with Crippen molar-refractivity contribution < 1.29 is 22.4 Å². The fourth-order valence-electron chi connectivity index (χ4n) is 3.14. The van der Waals surface area contributed by atoms with Crippen LogP contribution in [0.5, 0.6) is 0 Å². The highest BCUT2D eigenvalue weighted by Gasteiger charge is 2.63. The van der Waals surface area contributed by atoms with E-state index in [1.165, 1.54) is 12.3 Å². The predicted molar refractivity (Wildman–Crippen MR) is 109 cm³/mol. The molecule has 2 heterocycles. The van der Waals surface area contributed by atoms with E-state index in [9.17, 15) is 4.79 Å². The van der Waals surface area contributed by atoms with Crippen LogP contribution in [0.25, 0.3) is 0 Å². The van der Waals surface area contributed by atoms with Gasteiger partial charge in [-0.15, -0.1) is 0 Å². The number of hydrogen-bond acceptors (Lipinski definition) is 6. The van der Waals surface area contributed by atoms with Crippen molar-refractivity contribution in [1.29, 1.82) is 0 Å². The molecule has 0 bridgehead atoms. The lowest BCUT2D eigenvalue weighted by atomic mass is 10.0. The number of alkyl halides is 2. The van der Waals surface area contributed by atoms with Crippen molar-refractivity contribution >= 4 is 23.2 Å². The van der Waals surface area contributed by atoms with Gasteiger partial charge in [-0.3, -0.25) is 4.57 Å². The summed E-state index contributed by atoms with van der Waals surface area (Å²) in [6.45, 7) is 11.5. The number of anilines is 1. The van der Waals surface area contributed by atoms with E-state index in [1.807, 2.05) is 40.0 Å². The van der Waals surface area contributed by atoms with Gasteiger partial charge in [-0.2, -0.15) is 13.8 Å². The van der Waals surface area contributed by atoms with Gasteiger partial charge in [0, 0.05) is 6.20 Å². The molecule has 0 amide bonds. The first-order chi connectivity index (χ1) is 12.9. The Balaban J connectivity index is 2.48. The topological polar surface area (TPSA) is 88.6 Å². The molecule has 160 valence electrons. The van der Waals surface area contributed by atoms with E-state index in [0.29, 0.717) is 12.5 Å². The molecule has 0 aliphatic carbocycles. The van der Waals surface area contributed by atoms with Crippen molar-refractivity contribution in [1.82, 2.24) is 9.55 Å². The van der Waals surface area contributed by atoms with Crippen molar-refractivity contribution in [2.24, 2.45) is 0 Å². The minimum Gasteiger partial charge on any atom is -0.415 e. The van der Waals surface area contributed by atoms with Crippen LogP contribution in [0.2, 0.25) is 32.2 Å². The Morgan fingerprint density at radius 1 is 1.43 bits per heavy atom. The number of hydrogen-bond donors (Lipinski definition) is 1. The smallest absolute Gasteiger partial charge is 0.351 e. The largest absolute Gasteiger partial charge is 0.415 e. The molecular formula is C17H31F2N3O4Si2. The van der Waals surface area contributed by atoms with Crippen molar-refractivity contribution in [3.8, 4) is 0 Å². The molecule has 2 rings (SSSR count). The van der Waals surface area contributed by atoms with Crippen LogP contribution in [0.3, 0.4) is 0 Å². The third-order valence-corrected chi connectivity index (χ3v) is 8.40. The van der Waals surface area contributed by atoms with Crippen LogP contribution in [0, 0.1) is 0 Å². The Morgan fingerprint density at radius 3 is 2.57 bits per heavy atom. The molecule has 0 saturated carbocycles. The summed E-state index contributed by atoms with van der Waals surface area (Å²) in [6.07, 6.45) is -3.15. The lowest BCUT2D eigenvalue weighted by molar-refractivity contribution is -0.138. The maximum absolute atomic E-state index is 15.5. The lowest BCUT2D eigenvalue weighted by Gasteiger charge is -2.34. The Morgan fingerprint density at radius 2 is 2.07 bits per heavy atom. The molecule has 0 radical (unpaired) electrons. The van der Waals surface area contributed by atoms with E-state index in [0.717, 1.165) is 4.57 Å². The van der Waals surface area contributed by atoms with E-state index < -0.39 is 53.5 Å². The number of nitrogens with zero attached hydrogens (tertiary/aromatic N) is 2. The highest BCUT2D eigenvalue weighted by Crippen LogP contribution is 2.46. The van der Waals surface area contributed by atoms with E-state index in [4.69, 9.17) is 19.3 Å². The second kappa shape index (κ2) is 8.70. The number of nitrogen functional groups attached to an aromatic ring is 1. The van der Waals surface area contributed by atoms with Crippen molar-refractivity contribution in [2.45, 2.75) is 83.0 Å². The van der Waals surface area contributed by atoms with Crippen LogP contribution in [0.1, 0.15) is 26.5 Å². The number of ether oxygens (including phenoxy) is 1. The van der Waals surface area contributed by atoms with Gasteiger partial charge in [-0.25, -0.2) is 4.79 Å². The van der Waals surface area contributed by atoms with Crippen LogP contribution in [0.15, 0.2) is 17.1 Å². The average molecular weight is 436 g/mol. The summed E-state index contributed by atoms with van der Waals surface area (Å²) in [4.78, 5) is 15.7. The summed E-state index contributed by atoms with van der Waals surface area (Å²) < 4.78 is 49.5. The molecule has 4 atom stereocenters. The summed E-state index contributed by atoms with van der Waals surface area (Å²) in [5.74, 6) is -3.46. The molecule has 11 heteroatoms. The summed E-state index contributed by atoms with van der Waals surface area (Å²) in [7, 11) is -3.86. The quantitative estimate of drug-likeness (QED) is 0.632. The molecule has 0 aromatic carbocycles. The molecule has 28 heavy (non-hydrogen) atoms. The molecule has 1 aromatic heterocycles. The highest BCUT2D eigenvalue weighted by atomic mass is 28.4. The van der Waals surface area contributed by atoms with Crippen LogP contribution in [-0.4, -0.2) is 51.1 Å². The SMILES string of the molecule is CCC(O[SiH](C)C)C1OC(n2ccc(N)nc2=O)C(F)(F)C1O[Si](C)(C)CC. The van der Waals surface area contributed by atoms with Crippen molar-refractivity contribution in [3.63, 3.8) is 0 Å². The van der Waals surface area contributed by atoms with E-state index in [-0.39, 0.29) is 5.82 Å². The molecule has 1 aliphatic rings. The number of nitrogens with two attached hydrogens (primary N) is 1. The van der Waals surface area contributed by atoms with Gasteiger partial charge in [-0.05, 0) is 44.7 Å². The fourth-order valence-corrected chi connectivity index (χ4v) is 5.33. The zero-order valence-electron chi connectivity index (χ0n) is 17.3. The van der Waals surface area contributed by atoms with Gasteiger partial charge in [0.2, 0.25) is 6.23 Å². The molecular weight excluding hydrogens is 404 g/mol. The monoisotopic (exact) mass is 435 g/mol. The Bertz CT molecular complexity index is 733. The zero-order chi connectivity index (χ0) is 21.3. The first-order valence-electron chi connectivity index (χ1n) is 9.64. The van der Waals surface area contributed by atoms with Crippen LogP contribution >= 0.6 is 0 Å². The second-order valence-corrected chi connectivity index (χ2v) is 14.8. The van der Waals surface area contributed by atoms with E-state index >= 15 is 8.78 Å². The van der Waals surface area contributed by atoms with Crippen LogP contribution < -0.4 is 11.4 Å². The molecule has 1 saturated heterocycles. The Kier molecular flexibility index (Phi) is 7.19. The normalized spacial score (nSPS) is 26.0. The van der Waals surface area contributed by atoms with Gasteiger partial charge in [0.25, 0.3) is 0 Å². The summed E-state index contributed by atoms with van der Waals surface area (Å²) in [5, 5.41) is 0. The highest BCUT2D eigenvalue weighted by molar-refractivity contribution is 6.71. The first kappa shape index (κ1) is 23.1. The van der Waals surface area contributed by atoms with Gasteiger partial charge in [0.15, 0.2) is 17.4 Å². The molecule has 1 aliphatic heterocycles. The third-order valence-electron chi connectivity index (χ3n) is 4.91. The van der Waals surface area contributed by atoms with Crippen LogP contribution in [-0.2, 0) is 13.6 Å². The zero-order valence-corrected chi connectivity index (χ0v) is 19.5. The van der Waals surface area contributed by atoms with Gasteiger partial charge >= 0.3 is 11.6 Å². The minimum absolute atomic E-state index is 0.0352. The Hall–Kier alpha value is -1.15.